The van der Waals surface area contributed by atoms with Crippen LogP contribution in [0.4, 0.5) is 18.9 Å². The first-order valence-corrected chi connectivity index (χ1v) is 13.7. The summed E-state index contributed by atoms with van der Waals surface area (Å²) in [5.41, 5.74) is -2.93. The van der Waals surface area contributed by atoms with E-state index < -0.39 is 23.2 Å². The summed E-state index contributed by atoms with van der Waals surface area (Å²) in [5.74, 6) is -0.939. The van der Waals surface area contributed by atoms with Gasteiger partial charge in [-0.25, -0.2) is 0 Å². The van der Waals surface area contributed by atoms with Crippen LogP contribution in [0.15, 0.2) is 42.5 Å². The zero-order chi connectivity index (χ0) is 28.5. The van der Waals surface area contributed by atoms with Crippen molar-refractivity contribution in [3.63, 3.8) is 0 Å². The molecule has 0 saturated carbocycles. The van der Waals surface area contributed by atoms with Gasteiger partial charge in [-0.2, -0.15) is 13.2 Å². The van der Waals surface area contributed by atoms with Crippen molar-refractivity contribution in [3.8, 4) is 0 Å². The number of nitrogens with zero attached hydrogens (tertiary/aromatic N) is 3. The number of carbonyl (C=O) groups is 2. The Morgan fingerprint density at radius 3 is 1.85 bits per heavy atom. The van der Waals surface area contributed by atoms with Crippen molar-refractivity contribution in [1.82, 2.24) is 9.80 Å². The Bertz CT molecular complexity index is 1170. The zero-order valence-electron chi connectivity index (χ0n) is 21.8. The van der Waals surface area contributed by atoms with Crippen LogP contribution in [0.25, 0.3) is 0 Å². The molecule has 0 radical (unpaired) electrons. The molecular weight excluding hydrogens is 554 g/mol. The number of alkyl halides is 3. The van der Waals surface area contributed by atoms with Gasteiger partial charge in [0.15, 0.2) is 0 Å². The fourth-order valence-corrected chi connectivity index (χ4v) is 6.33. The van der Waals surface area contributed by atoms with Crippen molar-refractivity contribution in [1.29, 1.82) is 0 Å². The van der Waals surface area contributed by atoms with E-state index in [1.54, 1.807) is 26.2 Å². The summed E-state index contributed by atoms with van der Waals surface area (Å²) >= 11 is 12.8. The van der Waals surface area contributed by atoms with Crippen LogP contribution in [0, 0.1) is 11.8 Å². The van der Waals surface area contributed by atoms with Crippen LogP contribution in [0.1, 0.15) is 41.6 Å². The van der Waals surface area contributed by atoms with Gasteiger partial charge in [-0.05, 0) is 49.7 Å². The predicted molar refractivity (Wildman–Crippen MR) is 145 cm³/mol. The summed E-state index contributed by atoms with van der Waals surface area (Å²) in [5, 5.41) is 11.2. The summed E-state index contributed by atoms with van der Waals surface area (Å²) < 4.78 is 41.8. The van der Waals surface area contributed by atoms with E-state index in [4.69, 9.17) is 23.2 Å². The van der Waals surface area contributed by atoms with E-state index in [9.17, 15) is 27.9 Å². The lowest BCUT2D eigenvalue weighted by Crippen LogP contribution is -2.57. The Balaban J connectivity index is 1.36. The number of hydrogen-bond acceptors (Lipinski definition) is 4. The Hall–Kier alpha value is -2.49. The van der Waals surface area contributed by atoms with E-state index in [-0.39, 0.29) is 30.5 Å². The first-order chi connectivity index (χ1) is 18.3. The third-order valence-electron chi connectivity index (χ3n) is 7.96. The maximum absolute atomic E-state index is 13.9. The molecule has 0 bridgehead atoms. The Labute approximate surface area is 236 Å². The van der Waals surface area contributed by atoms with Gasteiger partial charge in [0.1, 0.15) is 0 Å². The number of amides is 2. The van der Waals surface area contributed by atoms with E-state index >= 15 is 0 Å². The van der Waals surface area contributed by atoms with Gasteiger partial charge in [-0.15, -0.1) is 0 Å². The quantitative estimate of drug-likeness (QED) is 0.496. The highest BCUT2D eigenvalue weighted by molar-refractivity contribution is 6.40. The topological polar surface area (TPSA) is 64.1 Å². The highest BCUT2D eigenvalue weighted by Crippen LogP contribution is 2.42. The molecule has 11 heteroatoms. The van der Waals surface area contributed by atoms with Crippen molar-refractivity contribution in [2.24, 2.45) is 11.8 Å². The van der Waals surface area contributed by atoms with Gasteiger partial charge in [0.2, 0.25) is 0 Å². The van der Waals surface area contributed by atoms with E-state index in [2.05, 4.69) is 4.90 Å². The Morgan fingerprint density at radius 1 is 0.897 bits per heavy atom. The molecule has 2 aromatic carbocycles. The number of likely N-dealkylation sites (tertiary alicyclic amines) is 1. The van der Waals surface area contributed by atoms with E-state index in [1.807, 2.05) is 0 Å². The summed E-state index contributed by atoms with van der Waals surface area (Å²) in [4.78, 5) is 30.1. The molecule has 1 atom stereocenters. The summed E-state index contributed by atoms with van der Waals surface area (Å²) in [7, 11) is 3.27. The standard InChI is InChI=1S/C28H32Cl2F3N3O3/c1-34(2)25(37)24-22(29)16-21(17-23(24)30)35-12-8-18(9-13-35)19-10-14-36(15-11-19)26(38)27(39,28(31,32)33)20-6-4-3-5-7-20/h3-7,16-19,39H,8-15H2,1-2H3/t27-/m1/s1. The average molecular weight is 586 g/mol. The molecule has 0 aromatic heterocycles. The van der Waals surface area contributed by atoms with Crippen LogP contribution in [0.5, 0.6) is 0 Å². The van der Waals surface area contributed by atoms with E-state index in [1.165, 1.54) is 23.1 Å². The average Bonchev–Trinajstić information content (AvgIpc) is 2.91. The first-order valence-electron chi connectivity index (χ1n) is 12.9. The lowest BCUT2D eigenvalue weighted by atomic mass is 9.78. The number of rotatable bonds is 5. The fourth-order valence-electron chi connectivity index (χ4n) is 5.69. The molecule has 0 unspecified atom stereocenters. The SMILES string of the molecule is CN(C)C(=O)c1c(Cl)cc(N2CCC(C3CCN(C(=O)[C@](O)(c4ccccc4)C(F)(F)F)CC3)CC2)cc1Cl. The largest absolute Gasteiger partial charge is 0.430 e. The molecule has 2 aliphatic rings. The maximum atomic E-state index is 13.9. The van der Waals surface area contributed by atoms with Crippen molar-refractivity contribution in [2.75, 3.05) is 45.2 Å². The van der Waals surface area contributed by atoms with Crippen LogP contribution in [-0.4, -0.2) is 73.2 Å². The van der Waals surface area contributed by atoms with Gasteiger partial charge in [-0.3, -0.25) is 9.59 Å². The lowest BCUT2D eigenvalue weighted by molar-refractivity contribution is -0.262. The van der Waals surface area contributed by atoms with Gasteiger partial charge in [-0.1, -0.05) is 53.5 Å². The van der Waals surface area contributed by atoms with Gasteiger partial charge in [0.25, 0.3) is 17.4 Å². The van der Waals surface area contributed by atoms with Gasteiger partial charge in [0.05, 0.1) is 15.6 Å². The Morgan fingerprint density at radius 2 is 1.38 bits per heavy atom. The molecular formula is C28H32Cl2F3N3O3. The molecule has 2 amide bonds. The molecule has 0 aliphatic carbocycles. The minimum atomic E-state index is -5.14. The molecule has 39 heavy (non-hydrogen) atoms. The summed E-state index contributed by atoms with van der Waals surface area (Å²) in [6.45, 7) is 1.83. The molecule has 212 valence electrons. The van der Waals surface area contributed by atoms with Crippen molar-refractivity contribution < 1.29 is 27.9 Å². The van der Waals surface area contributed by atoms with E-state index in [0.717, 1.165) is 48.7 Å². The third kappa shape index (κ3) is 5.86. The molecule has 4 rings (SSSR count). The summed E-state index contributed by atoms with van der Waals surface area (Å²) in [6, 6.07) is 10.0. The highest BCUT2D eigenvalue weighted by atomic mass is 35.5. The molecule has 2 saturated heterocycles. The van der Waals surface area contributed by atoms with Crippen LogP contribution in [0.3, 0.4) is 0 Å². The number of benzene rings is 2. The molecule has 2 fully saturated rings. The van der Waals surface area contributed by atoms with Crippen LogP contribution >= 0.6 is 23.2 Å². The normalized spacial score (nSPS) is 19.1. The number of piperidine rings is 2. The molecule has 2 aromatic rings. The highest BCUT2D eigenvalue weighted by Gasteiger charge is 2.62. The molecule has 0 spiro atoms. The van der Waals surface area contributed by atoms with Crippen LogP contribution < -0.4 is 4.90 Å². The number of aliphatic hydroxyl groups is 1. The monoisotopic (exact) mass is 585 g/mol. The second-order valence-corrected chi connectivity index (χ2v) is 11.3. The van der Waals surface area contributed by atoms with E-state index in [0.29, 0.717) is 28.8 Å². The third-order valence-corrected chi connectivity index (χ3v) is 8.55. The van der Waals surface area contributed by atoms with Crippen molar-refractivity contribution in [2.45, 2.75) is 37.5 Å². The first kappa shape index (κ1) is 29.5. The van der Waals surface area contributed by atoms with Crippen LogP contribution in [-0.2, 0) is 10.4 Å². The zero-order valence-corrected chi connectivity index (χ0v) is 23.4. The van der Waals surface area contributed by atoms with Gasteiger partial charge in [0, 0.05) is 51.5 Å². The number of hydrogen-bond donors (Lipinski definition) is 1. The Kier molecular flexibility index (Phi) is 8.73. The van der Waals surface area contributed by atoms with Gasteiger partial charge < -0.3 is 19.8 Å². The van der Waals surface area contributed by atoms with Crippen molar-refractivity contribution in [3.05, 3.63) is 63.6 Å². The number of carbonyl (C=O) groups excluding carboxylic acids is 2. The number of anilines is 1. The molecule has 1 N–H and O–H groups in total. The lowest BCUT2D eigenvalue weighted by Gasteiger charge is -2.42. The minimum absolute atomic E-state index is 0.168. The molecule has 2 heterocycles. The fraction of sp³-hybridized carbons (Fsp3) is 0.500. The van der Waals surface area contributed by atoms with Gasteiger partial charge >= 0.3 is 6.18 Å². The molecule has 6 nitrogen and oxygen atoms in total. The second kappa shape index (κ2) is 11.6. The molecule has 2 aliphatic heterocycles. The van der Waals surface area contributed by atoms with Crippen LogP contribution in [0.2, 0.25) is 10.0 Å². The van der Waals surface area contributed by atoms with Crippen molar-refractivity contribution >= 4 is 40.7 Å². The predicted octanol–water partition coefficient (Wildman–Crippen LogP) is 5.60. The maximum Gasteiger partial charge on any atom is 0.430 e. The summed E-state index contributed by atoms with van der Waals surface area (Å²) in [6.07, 6.45) is -2.22. The second-order valence-electron chi connectivity index (χ2n) is 10.5. The smallest absolute Gasteiger partial charge is 0.371 e. The number of halogens is 5. The minimum Gasteiger partial charge on any atom is -0.371 e.